The molecular formula is C38H47N3P2. The number of nitrogens with zero attached hydrogens (tertiary/aromatic N) is 3. The third kappa shape index (κ3) is 5.77. The lowest BCUT2D eigenvalue weighted by atomic mass is 10.1. The molecule has 4 aromatic rings. The van der Waals surface area contributed by atoms with Crippen LogP contribution in [0.4, 0.5) is 0 Å². The van der Waals surface area contributed by atoms with Crippen molar-refractivity contribution >= 4 is 26.1 Å². The van der Waals surface area contributed by atoms with E-state index in [1.165, 1.54) is 56.8 Å². The van der Waals surface area contributed by atoms with Gasteiger partial charge in [0.25, 0.3) is 0 Å². The van der Waals surface area contributed by atoms with Crippen LogP contribution in [0.25, 0.3) is 0 Å². The van der Waals surface area contributed by atoms with Gasteiger partial charge in [0.05, 0.1) is 8.07 Å². The molecule has 0 aliphatic carbocycles. The third-order valence-electron chi connectivity index (χ3n) is 8.91. The SMILES string of the molecule is [CH2-][P+]1(N(C(C)C)P(c2cc(C)cc(C)c2)c2cc(C)cc(C)c2)[C@H](c2ccccc2)N2CCCCN2[C@H]1c1ccccc1. The topological polar surface area (TPSA) is 9.72 Å². The van der Waals surface area contributed by atoms with Gasteiger partial charge in [-0.15, -0.1) is 0 Å². The molecule has 0 spiro atoms. The molecule has 2 atom stereocenters. The van der Waals surface area contributed by atoms with E-state index in [1.807, 2.05) is 0 Å². The Morgan fingerprint density at radius 2 is 1.02 bits per heavy atom. The van der Waals surface area contributed by atoms with Gasteiger partial charge in [-0.2, -0.15) is 21.1 Å². The van der Waals surface area contributed by atoms with Crippen LogP contribution in [0.5, 0.6) is 0 Å². The summed E-state index contributed by atoms with van der Waals surface area (Å²) in [5.74, 6) is 0.451. The smallest absolute Gasteiger partial charge is 0.151 e. The van der Waals surface area contributed by atoms with Crippen molar-refractivity contribution in [3.05, 3.63) is 137 Å². The highest BCUT2D eigenvalue weighted by Crippen LogP contribution is 2.88. The standard InChI is InChI=1S/C38H47N3P2/c1-28(2)41(42(35-24-29(3)22-30(4)25-35)36-26-31(5)23-32(6)27-36)43(7)37(33-16-10-8-11-17-33)39-20-14-15-21-40(39)38(43)34-18-12-9-13-19-34/h8-13,16-19,22-28,37-38H,7,14-15,20-21H2,1-6H3/t37-,38-/m1/s1. The van der Waals surface area contributed by atoms with E-state index in [1.54, 1.807) is 0 Å². The third-order valence-corrected chi connectivity index (χ3v) is 16.9. The van der Waals surface area contributed by atoms with Gasteiger partial charge in [-0.05, 0) is 89.3 Å². The number of hydrazine groups is 1. The van der Waals surface area contributed by atoms with Crippen LogP contribution in [0.1, 0.15) is 71.6 Å². The highest BCUT2D eigenvalue weighted by atomic mass is 31.2. The van der Waals surface area contributed by atoms with Crippen molar-refractivity contribution in [1.29, 1.82) is 0 Å². The molecule has 6 rings (SSSR count). The van der Waals surface area contributed by atoms with Crippen LogP contribution < -0.4 is 10.6 Å². The van der Waals surface area contributed by atoms with Gasteiger partial charge in [0.2, 0.25) is 0 Å². The molecule has 4 aromatic carbocycles. The van der Waals surface area contributed by atoms with E-state index < -0.39 is 15.5 Å². The molecule has 0 unspecified atom stereocenters. The van der Waals surface area contributed by atoms with E-state index in [0.717, 1.165) is 13.1 Å². The first-order chi connectivity index (χ1) is 20.7. The molecule has 0 bridgehead atoms. The number of hydrogen-bond acceptors (Lipinski definition) is 3. The maximum absolute atomic E-state index is 5.56. The van der Waals surface area contributed by atoms with Crippen molar-refractivity contribution in [2.24, 2.45) is 0 Å². The van der Waals surface area contributed by atoms with Gasteiger partial charge < -0.3 is 0 Å². The average Bonchev–Trinajstić information content (AvgIpc) is 3.23. The minimum absolute atomic E-state index is 0.225. The summed E-state index contributed by atoms with van der Waals surface area (Å²) in [4.78, 5) is 0. The van der Waals surface area contributed by atoms with E-state index in [4.69, 9.17) is 6.66 Å². The van der Waals surface area contributed by atoms with Crippen LogP contribution >= 0.6 is 15.5 Å². The Labute approximate surface area is 262 Å². The summed E-state index contributed by atoms with van der Waals surface area (Å²) in [5, 5.41) is 8.35. The lowest BCUT2D eigenvalue weighted by Crippen LogP contribution is -2.43. The average molecular weight is 608 g/mol. The zero-order chi connectivity index (χ0) is 30.3. The van der Waals surface area contributed by atoms with E-state index in [9.17, 15) is 0 Å². The quantitative estimate of drug-likeness (QED) is 0.153. The lowest BCUT2D eigenvalue weighted by molar-refractivity contribution is -0.0531. The van der Waals surface area contributed by atoms with Crippen LogP contribution in [-0.4, -0.2) is 33.6 Å². The molecule has 2 aliphatic rings. The van der Waals surface area contributed by atoms with Crippen LogP contribution in [0.2, 0.25) is 0 Å². The molecule has 2 aliphatic heterocycles. The zero-order valence-corrected chi connectivity index (χ0v) is 28.5. The Morgan fingerprint density at radius 1 is 0.651 bits per heavy atom. The highest BCUT2D eigenvalue weighted by Gasteiger charge is 2.64. The van der Waals surface area contributed by atoms with E-state index in [2.05, 4.69) is 153 Å². The van der Waals surface area contributed by atoms with Crippen molar-refractivity contribution in [3.63, 3.8) is 0 Å². The van der Waals surface area contributed by atoms with Crippen molar-refractivity contribution in [2.75, 3.05) is 13.1 Å². The van der Waals surface area contributed by atoms with Crippen LogP contribution in [-0.2, 0) is 0 Å². The normalized spacial score (nSPS) is 20.7. The molecule has 0 radical (unpaired) electrons. The number of aryl methyl sites for hydroxylation is 4. The molecule has 0 amide bonds. The van der Waals surface area contributed by atoms with Crippen molar-refractivity contribution in [2.45, 2.75) is 72.0 Å². The second-order valence-corrected chi connectivity index (χ2v) is 18.5. The molecule has 2 saturated heterocycles. The largest absolute Gasteiger partial charge is 0.197 e. The molecule has 43 heavy (non-hydrogen) atoms. The van der Waals surface area contributed by atoms with E-state index in [-0.39, 0.29) is 11.6 Å². The maximum Gasteiger partial charge on any atom is 0.151 e. The summed E-state index contributed by atoms with van der Waals surface area (Å²) < 4.78 is 2.97. The molecular weight excluding hydrogens is 560 g/mol. The first-order valence-electron chi connectivity index (χ1n) is 15.8. The van der Waals surface area contributed by atoms with Gasteiger partial charge in [0.1, 0.15) is 0 Å². The molecule has 2 heterocycles. The summed E-state index contributed by atoms with van der Waals surface area (Å²) in [6.07, 6.45) is 2.46. The zero-order valence-electron chi connectivity index (χ0n) is 26.7. The number of hydrogen-bond donors (Lipinski definition) is 0. The molecule has 2 fully saturated rings. The van der Waals surface area contributed by atoms with Crippen LogP contribution in [0.3, 0.4) is 0 Å². The summed E-state index contributed by atoms with van der Waals surface area (Å²) >= 11 is 0. The van der Waals surface area contributed by atoms with Crippen LogP contribution in [0.15, 0.2) is 97.1 Å². The predicted octanol–water partition coefficient (Wildman–Crippen LogP) is 9.43. The van der Waals surface area contributed by atoms with Crippen molar-refractivity contribution in [3.8, 4) is 0 Å². The summed E-state index contributed by atoms with van der Waals surface area (Å²) in [5.41, 5.74) is 8.13. The predicted molar refractivity (Wildman–Crippen MR) is 188 cm³/mol. The highest BCUT2D eigenvalue weighted by molar-refractivity contribution is 7.87. The summed E-state index contributed by atoms with van der Waals surface area (Å²) in [6.45, 7) is 21.6. The second kappa shape index (κ2) is 12.5. The Bertz CT molecular complexity index is 1410. The van der Waals surface area contributed by atoms with Gasteiger partial charge in [-0.3, -0.25) is 0 Å². The van der Waals surface area contributed by atoms with E-state index in [0.29, 0.717) is 6.04 Å². The fourth-order valence-electron chi connectivity index (χ4n) is 7.62. The first-order valence-corrected chi connectivity index (χ1v) is 19.2. The van der Waals surface area contributed by atoms with Crippen molar-refractivity contribution < 1.29 is 0 Å². The fraction of sp³-hybridized carbons (Fsp3) is 0.342. The Kier molecular flexibility index (Phi) is 8.94. The lowest BCUT2D eigenvalue weighted by Gasteiger charge is -2.50. The van der Waals surface area contributed by atoms with Gasteiger partial charge in [0, 0.05) is 37.7 Å². The Balaban J connectivity index is 1.67. The molecule has 0 saturated carbocycles. The molecule has 0 aromatic heterocycles. The first kappa shape index (κ1) is 30.6. The van der Waals surface area contributed by atoms with Crippen molar-refractivity contribution in [1.82, 2.24) is 14.5 Å². The summed E-state index contributed by atoms with van der Waals surface area (Å²) in [6, 6.07) is 37.4. The molecule has 224 valence electrons. The van der Waals surface area contributed by atoms with Gasteiger partial charge in [-0.25, -0.2) is 0 Å². The molecule has 5 heteroatoms. The summed E-state index contributed by atoms with van der Waals surface area (Å²) in [7, 11) is -3.11. The Morgan fingerprint density at radius 3 is 1.37 bits per heavy atom. The number of benzene rings is 4. The van der Waals surface area contributed by atoms with Gasteiger partial charge in [-0.1, -0.05) is 95.1 Å². The molecule has 0 N–H and O–H groups in total. The second-order valence-electron chi connectivity index (χ2n) is 12.9. The minimum atomic E-state index is -2.24. The van der Waals surface area contributed by atoms with Gasteiger partial charge in [0.15, 0.2) is 11.6 Å². The Hall–Kier alpha value is -2.38. The van der Waals surface area contributed by atoms with Crippen LogP contribution in [0, 0.1) is 34.4 Å². The van der Waals surface area contributed by atoms with Gasteiger partial charge >= 0.3 is 0 Å². The number of rotatable bonds is 7. The van der Waals surface area contributed by atoms with E-state index >= 15 is 0 Å². The fourth-order valence-corrected chi connectivity index (χ4v) is 17.1. The number of fused-ring (bicyclic) bond motifs is 1. The molecule has 3 nitrogen and oxygen atoms in total. The monoisotopic (exact) mass is 607 g/mol. The minimum Gasteiger partial charge on any atom is -0.197 e. The maximum atomic E-state index is 5.56.